The van der Waals surface area contributed by atoms with Crippen LogP contribution < -0.4 is 9.64 Å². The first-order chi connectivity index (χ1) is 16.9. The van der Waals surface area contributed by atoms with E-state index in [0.29, 0.717) is 0 Å². The summed E-state index contributed by atoms with van der Waals surface area (Å²) in [7, 11) is 0. The number of fused-ring (bicyclic) bond motifs is 5. The van der Waals surface area contributed by atoms with Gasteiger partial charge < -0.3 is 9.64 Å². The van der Waals surface area contributed by atoms with Gasteiger partial charge in [0.25, 0.3) is 0 Å². The number of benzene rings is 5. The average molecular weight is 438 g/mol. The Balaban J connectivity index is 1.56. The molecule has 0 unspecified atom stereocenters. The van der Waals surface area contributed by atoms with E-state index in [2.05, 4.69) is 75.5 Å². The Morgan fingerprint density at radius 2 is 1.26 bits per heavy atom. The van der Waals surface area contributed by atoms with Crippen molar-refractivity contribution in [1.29, 1.82) is 0 Å². The number of rotatable bonds is 2. The van der Waals surface area contributed by atoms with Crippen LogP contribution in [0.25, 0.3) is 32.8 Å². The van der Waals surface area contributed by atoms with Crippen LogP contribution in [0.15, 0.2) is 116 Å². The highest BCUT2D eigenvalue weighted by atomic mass is 16.5. The first-order valence-electron chi connectivity index (χ1n) is 11.2. The first kappa shape index (κ1) is 18.8. The van der Waals surface area contributed by atoms with Crippen LogP contribution in [-0.2, 0) is 0 Å². The van der Waals surface area contributed by atoms with Crippen LogP contribution in [0.4, 0.5) is 17.1 Å². The van der Waals surface area contributed by atoms with Crippen molar-refractivity contribution in [3.05, 3.63) is 116 Å². The van der Waals surface area contributed by atoms with Gasteiger partial charge in [0.05, 0.1) is 22.6 Å². The maximum Gasteiger partial charge on any atom is 0.151 e. The number of hydrogen-bond acceptors (Lipinski definition) is 4. The number of para-hydroxylation sites is 4. The molecule has 4 nitrogen and oxygen atoms in total. The molecule has 1 aliphatic rings. The second-order valence-electron chi connectivity index (χ2n) is 8.35. The Labute approximate surface area is 196 Å². The summed E-state index contributed by atoms with van der Waals surface area (Å²) in [5.74, 6) is 1.66. The van der Waals surface area contributed by atoms with Crippen molar-refractivity contribution < 1.29 is 4.74 Å². The van der Waals surface area contributed by atoms with Crippen LogP contribution in [0.1, 0.15) is 0 Å². The maximum atomic E-state index is 6.24. The van der Waals surface area contributed by atoms with E-state index in [0.717, 1.165) is 55.8 Å². The molecule has 0 bridgehead atoms. The molecule has 1 aliphatic heterocycles. The molecular formula is C30H19N3O. The number of anilines is 3. The summed E-state index contributed by atoms with van der Waals surface area (Å²) in [5, 5.41) is 3.29. The van der Waals surface area contributed by atoms with Crippen molar-refractivity contribution in [3.63, 3.8) is 0 Å². The molecule has 0 saturated carbocycles. The van der Waals surface area contributed by atoms with Gasteiger partial charge in [-0.3, -0.25) is 0 Å². The third-order valence-corrected chi connectivity index (χ3v) is 6.38. The fourth-order valence-corrected chi connectivity index (χ4v) is 4.82. The number of ether oxygens (including phenoxy) is 1. The average Bonchev–Trinajstić information content (AvgIpc) is 2.91. The Hall–Kier alpha value is -4.70. The topological polar surface area (TPSA) is 38.2 Å². The van der Waals surface area contributed by atoms with Crippen LogP contribution in [0.3, 0.4) is 0 Å². The van der Waals surface area contributed by atoms with Crippen molar-refractivity contribution >= 4 is 38.7 Å². The Morgan fingerprint density at radius 3 is 2.03 bits per heavy atom. The molecule has 7 rings (SSSR count). The SMILES string of the molecule is c1ccc(-c2ccc3c(N4c5ccccc5Oc5ccccc54)cc4ncncc4c3c2)cc1. The summed E-state index contributed by atoms with van der Waals surface area (Å²) < 4.78 is 6.24. The predicted molar refractivity (Wildman–Crippen MR) is 137 cm³/mol. The van der Waals surface area contributed by atoms with Gasteiger partial charge in [0.15, 0.2) is 11.5 Å². The lowest BCUT2D eigenvalue weighted by atomic mass is 9.97. The molecule has 0 spiro atoms. The fraction of sp³-hybridized carbons (Fsp3) is 0. The fourth-order valence-electron chi connectivity index (χ4n) is 4.82. The molecule has 6 aromatic rings. The van der Waals surface area contributed by atoms with Crippen LogP contribution in [-0.4, -0.2) is 9.97 Å². The van der Waals surface area contributed by atoms with Gasteiger partial charge in [0, 0.05) is 17.0 Å². The lowest BCUT2D eigenvalue weighted by molar-refractivity contribution is 0.477. The Bertz CT molecular complexity index is 1650. The lowest BCUT2D eigenvalue weighted by Gasteiger charge is -2.33. The third kappa shape index (κ3) is 2.86. The second-order valence-corrected chi connectivity index (χ2v) is 8.35. The van der Waals surface area contributed by atoms with Crippen molar-refractivity contribution in [2.24, 2.45) is 0 Å². The minimum absolute atomic E-state index is 0.832. The smallest absolute Gasteiger partial charge is 0.151 e. The second kappa shape index (κ2) is 7.42. The molecule has 0 N–H and O–H groups in total. The highest BCUT2D eigenvalue weighted by Crippen LogP contribution is 2.52. The summed E-state index contributed by atoms with van der Waals surface area (Å²) in [6.07, 6.45) is 3.52. The van der Waals surface area contributed by atoms with E-state index in [9.17, 15) is 0 Å². The molecule has 5 aromatic carbocycles. The van der Waals surface area contributed by atoms with Crippen molar-refractivity contribution in [1.82, 2.24) is 9.97 Å². The van der Waals surface area contributed by atoms with Gasteiger partial charge in [-0.15, -0.1) is 0 Å². The zero-order chi connectivity index (χ0) is 22.5. The zero-order valence-corrected chi connectivity index (χ0v) is 18.2. The molecule has 34 heavy (non-hydrogen) atoms. The van der Waals surface area contributed by atoms with E-state index in [1.165, 1.54) is 5.56 Å². The van der Waals surface area contributed by atoms with Gasteiger partial charge in [-0.05, 0) is 52.9 Å². The predicted octanol–water partition coefficient (Wildman–Crippen LogP) is 8.03. The highest BCUT2D eigenvalue weighted by Gasteiger charge is 2.27. The van der Waals surface area contributed by atoms with E-state index in [1.54, 1.807) is 6.33 Å². The first-order valence-corrected chi connectivity index (χ1v) is 11.2. The molecule has 0 atom stereocenters. The third-order valence-electron chi connectivity index (χ3n) is 6.38. The minimum atomic E-state index is 0.832. The molecule has 1 aromatic heterocycles. The molecule has 160 valence electrons. The van der Waals surface area contributed by atoms with Gasteiger partial charge in [0.2, 0.25) is 0 Å². The number of aromatic nitrogens is 2. The summed E-state index contributed by atoms with van der Waals surface area (Å²) in [6.45, 7) is 0. The largest absolute Gasteiger partial charge is 0.453 e. The van der Waals surface area contributed by atoms with E-state index < -0.39 is 0 Å². The Morgan fingerprint density at radius 1 is 0.559 bits per heavy atom. The zero-order valence-electron chi connectivity index (χ0n) is 18.2. The molecule has 4 heteroatoms. The number of nitrogens with zero attached hydrogens (tertiary/aromatic N) is 3. The molecular weight excluding hydrogens is 418 g/mol. The van der Waals surface area contributed by atoms with E-state index in [4.69, 9.17) is 4.74 Å². The molecule has 0 radical (unpaired) electrons. The maximum absolute atomic E-state index is 6.24. The minimum Gasteiger partial charge on any atom is -0.453 e. The van der Waals surface area contributed by atoms with Crippen molar-refractivity contribution in [2.45, 2.75) is 0 Å². The molecule has 2 heterocycles. The van der Waals surface area contributed by atoms with Crippen molar-refractivity contribution in [2.75, 3.05) is 4.90 Å². The molecule has 0 aliphatic carbocycles. The van der Waals surface area contributed by atoms with Crippen molar-refractivity contribution in [3.8, 4) is 22.6 Å². The highest BCUT2D eigenvalue weighted by molar-refractivity contribution is 6.14. The monoisotopic (exact) mass is 437 g/mol. The van der Waals surface area contributed by atoms with Crippen LogP contribution in [0, 0.1) is 0 Å². The van der Waals surface area contributed by atoms with E-state index in [-0.39, 0.29) is 0 Å². The molecule has 0 amide bonds. The molecule has 0 saturated heterocycles. The van der Waals surface area contributed by atoms with E-state index >= 15 is 0 Å². The summed E-state index contributed by atoms with van der Waals surface area (Å²) >= 11 is 0. The number of hydrogen-bond donors (Lipinski definition) is 0. The van der Waals surface area contributed by atoms with Gasteiger partial charge in [-0.1, -0.05) is 66.7 Å². The van der Waals surface area contributed by atoms with Crippen LogP contribution >= 0.6 is 0 Å². The van der Waals surface area contributed by atoms with Crippen LogP contribution in [0.2, 0.25) is 0 Å². The van der Waals surface area contributed by atoms with E-state index in [1.807, 2.05) is 48.7 Å². The van der Waals surface area contributed by atoms with Gasteiger partial charge in [-0.2, -0.15) is 0 Å². The van der Waals surface area contributed by atoms with Crippen LogP contribution in [0.5, 0.6) is 11.5 Å². The summed E-state index contributed by atoms with van der Waals surface area (Å²) in [4.78, 5) is 11.2. The van der Waals surface area contributed by atoms with Gasteiger partial charge in [0.1, 0.15) is 6.33 Å². The Kier molecular flexibility index (Phi) is 4.11. The summed E-state index contributed by atoms with van der Waals surface area (Å²) in [6, 6.07) is 35.6. The quantitative estimate of drug-likeness (QED) is 0.257. The van der Waals surface area contributed by atoms with Gasteiger partial charge in [-0.25, -0.2) is 9.97 Å². The standard InChI is InChI=1S/C30H19N3O/c1-2-8-20(9-3-1)21-14-15-22-23(16-21)24-18-31-19-32-25(24)17-28(22)33-26-10-4-6-12-29(26)34-30-13-7-5-11-27(30)33/h1-19H. The van der Waals surface area contributed by atoms with Gasteiger partial charge >= 0.3 is 0 Å². The normalized spacial score (nSPS) is 12.3. The molecule has 0 fully saturated rings. The summed E-state index contributed by atoms with van der Waals surface area (Å²) in [5.41, 5.74) is 6.32. The lowest BCUT2D eigenvalue weighted by Crippen LogP contribution is -2.16.